The van der Waals surface area contributed by atoms with Gasteiger partial charge in [0, 0.05) is 6.42 Å². The highest BCUT2D eigenvalue weighted by Crippen LogP contribution is 2.16. The first kappa shape index (κ1) is 55.6. The van der Waals surface area contributed by atoms with Crippen LogP contribution in [0.4, 0.5) is 0 Å². The van der Waals surface area contributed by atoms with E-state index in [1.807, 2.05) is 6.08 Å². The van der Waals surface area contributed by atoms with Gasteiger partial charge in [0.05, 0.1) is 18.8 Å². The second-order valence-electron chi connectivity index (χ2n) is 17.6. The molecule has 0 aromatic rings. The number of aliphatic hydroxyl groups excluding tert-OH is 2. The monoisotopic (exact) mass is 800 g/mol. The summed E-state index contributed by atoms with van der Waals surface area (Å²) in [4.78, 5) is 12.4. The molecule has 0 saturated carbocycles. The number of hydrogen-bond donors (Lipinski definition) is 3. The van der Waals surface area contributed by atoms with Crippen LogP contribution < -0.4 is 5.32 Å². The van der Waals surface area contributed by atoms with E-state index < -0.39 is 12.1 Å². The van der Waals surface area contributed by atoms with Crippen LogP contribution in [0.15, 0.2) is 36.5 Å². The Hall–Kier alpha value is -1.39. The van der Waals surface area contributed by atoms with Gasteiger partial charge in [-0.3, -0.25) is 4.79 Å². The number of allylic oxidation sites excluding steroid dienone is 5. The fraction of sp³-hybridized carbons (Fsp3) is 0.868. The van der Waals surface area contributed by atoms with Crippen molar-refractivity contribution in [1.29, 1.82) is 0 Å². The minimum Gasteiger partial charge on any atom is -0.394 e. The molecule has 0 bridgehead atoms. The van der Waals surface area contributed by atoms with Crippen molar-refractivity contribution in [2.24, 2.45) is 0 Å². The smallest absolute Gasteiger partial charge is 0.220 e. The third kappa shape index (κ3) is 45.5. The summed E-state index contributed by atoms with van der Waals surface area (Å²) in [6.07, 6.45) is 65.7. The third-order valence-corrected chi connectivity index (χ3v) is 11.8. The number of nitrogens with one attached hydrogen (secondary N) is 1. The van der Waals surface area contributed by atoms with Gasteiger partial charge in [0.25, 0.3) is 0 Å². The SMILES string of the molecule is CCCCCCCCCCCCCC/C=C\CCCCCCCCCCCCC(=O)NC(CO)C(O)/C=C/CC/C=C/CCCCCCCCCCCCCCC. The maximum Gasteiger partial charge on any atom is 0.220 e. The number of rotatable bonds is 47. The largest absolute Gasteiger partial charge is 0.394 e. The van der Waals surface area contributed by atoms with Crippen molar-refractivity contribution in [3.05, 3.63) is 36.5 Å². The quantitative estimate of drug-likeness (QED) is 0.0424. The van der Waals surface area contributed by atoms with Gasteiger partial charge in [0.15, 0.2) is 0 Å². The zero-order chi connectivity index (χ0) is 41.4. The molecular weight excluding hydrogens is 699 g/mol. The van der Waals surface area contributed by atoms with Gasteiger partial charge < -0.3 is 15.5 Å². The Morgan fingerprint density at radius 3 is 1.02 bits per heavy atom. The molecule has 0 aromatic heterocycles. The first-order chi connectivity index (χ1) is 28.2. The van der Waals surface area contributed by atoms with Crippen LogP contribution in [0.25, 0.3) is 0 Å². The van der Waals surface area contributed by atoms with Gasteiger partial charge in [-0.2, -0.15) is 0 Å². The van der Waals surface area contributed by atoms with Gasteiger partial charge in [-0.15, -0.1) is 0 Å². The summed E-state index contributed by atoms with van der Waals surface area (Å²) in [5.41, 5.74) is 0. The molecule has 0 saturated heterocycles. The normalized spacial score (nSPS) is 13.1. The van der Waals surface area contributed by atoms with Crippen molar-refractivity contribution < 1.29 is 15.0 Å². The molecule has 4 heteroatoms. The molecule has 2 atom stereocenters. The lowest BCUT2D eigenvalue weighted by Gasteiger charge is -2.19. The number of amides is 1. The van der Waals surface area contributed by atoms with E-state index in [1.54, 1.807) is 6.08 Å². The van der Waals surface area contributed by atoms with Crippen molar-refractivity contribution in [3.63, 3.8) is 0 Å². The molecule has 0 aliphatic rings. The highest BCUT2D eigenvalue weighted by Gasteiger charge is 2.17. The first-order valence-electron chi connectivity index (χ1n) is 25.7. The minimum absolute atomic E-state index is 0.0724. The van der Waals surface area contributed by atoms with Gasteiger partial charge >= 0.3 is 0 Å². The van der Waals surface area contributed by atoms with E-state index in [2.05, 4.69) is 43.5 Å². The summed E-state index contributed by atoms with van der Waals surface area (Å²) in [5.74, 6) is -0.0724. The van der Waals surface area contributed by atoms with E-state index in [0.29, 0.717) is 6.42 Å². The molecule has 0 spiro atoms. The molecule has 0 radical (unpaired) electrons. The Labute approximate surface area is 357 Å². The standard InChI is InChI=1S/C53H101NO3/c1-3-5-7-9-11-13-15-17-19-21-23-24-25-26-27-28-29-31-33-35-37-39-41-43-45-47-49-53(57)54-51(50-55)52(56)48-46-44-42-40-38-36-34-32-30-22-20-18-16-14-12-10-8-6-4-2/h26-27,38,40,46,48,51-52,55-56H,3-25,28-37,39,41-45,47,49-50H2,1-2H3,(H,54,57)/b27-26-,40-38+,48-46+. The van der Waals surface area contributed by atoms with Crippen molar-refractivity contribution in [3.8, 4) is 0 Å². The fourth-order valence-electron chi connectivity index (χ4n) is 7.90. The molecule has 0 aromatic carbocycles. The number of carbonyl (C=O) groups is 1. The van der Waals surface area contributed by atoms with Crippen molar-refractivity contribution in [2.75, 3.05) is 6.61 Å². The Morgan fingerprint density at radius 1 is 0.404 bits per heavy atom. The highest BCUT2D eigenvalue weighted by molar-refractivity contribution is 5.76. The molecule has 3 N–H and O–H groups in total. The minimum atomic E-state index is -0.862. The Bertz CT molecular complexity index is 866. The van der Waals surface area contributed by atoms with Crippen molar-refractivity contribution in [2.45, 2.75) is 289 Å². The Morgan fingerprint density at radius 2 is 0.684 bits per heavy atom. The molecule has 57 heavy (non-hydrogen) atoms. The lowest BCUT2D eigenvalue weighted by atomic mass is 10.0. The summed E-state index contributed by atoms with van der Waals surface area (Å²) < 4.78 is 0. The maximum atomic E-state index is 12.4. The number of hydrogen-bond acceptors (Lipinski definition) is 3. The molecule has 2 unspecified atom stereocenters. The summed E-state index contributed by atoms with van der Waals surface area (Å²) in [6, 6.07) is -0.639. The van der Waals surface area contributed by atoms with Crippen LogP contribution in [0, 0.1) is 0 Å². The van der Waals surface area contributed by atoms with Gasteiger partial charge in [-0.05, 0) is 57.8 Å². The van der Waals surface area contributed by atoms with Crippen LogP contribution in [0.2, 0.25) is 0 Å². The maximum absolute atomic E-state index is 12.4. The lowest BCUT2D eigenvalue weighted by molar-refractivity contribution is -0.123. The van der Waals surface area contributed by atoms with E-state index in [1.165, 1.54) is 225 Å². The second-order valence-corrected chi connectivity index (χ2v) is 17.6. The van der Waals surface area contributed by atoms with Gasteiger partial charge in [0.1, 0.15) is 0 Å². The molecule has 336 valence electrons. The van der Waals surface area contributed by atoms with Crippen LogP contribution in [0.3, 0.4) is 0 Å². The summed E-state index contributed by atoms with van der Waals surface area (Å²) in [6.45, 7) is 4.32. The number of aliphatic hydroxyl groups is 2. The molecule has 0 heterocycles. The average Bonchev–Trinajstić information content (AvgIpc) is 3.22. The number of carbonyl (C=O) groups excluding carboxylic acids is 1. The van der Waals surface area contributed by atoms with Crippen LogP contribution in [0.5, 0.6) is 0 Å². The lowest BCUT2D eigenvalue weighted by Crippen LogP contribution is -2.45. The molecule has 0 aliphatic carbocycles. The second kappa shape index (κ2) is 49.0. The first-order valence-corrected chi connectivity index (χ1v) is 25.7. The fourth-order valence-corrected chi connectivity index (χ4v) is 7.90. The molecular formula is C53H101NO3. The van der Waals surface area contributed by atoms with Gasteiger partial charge in [-0.1, -0.05) is 249 Å². The van der Waals surface area contributed by atoms with Crippen LogP contribution in [0.1, 0.15) is 277 Å². The van der Waals surface area contributed by atoms with Crippen molar-refractivity contribution in [1.82, 2.24) is 5.32 Å². The average molecular weight is 800 g/mol. The zero-order valence-electron chi connectivity index (χ0n) is 38.6. The summed E-state index contributed by atoms with van der Waals surface area (Å²) >= 11 is 0. The van der Waals surface area contributed by atoms with E-state index in [9.17, 15) is 15.0 Å². The van der Waals surface area contributed by atoms with Crippen LogP contribution in [-0.2, 0) is 4.79 Å². The van der Waals surface area contributed by atoms with E-state index >= 15 is 0 Å². The van der Waals surface area contributed by atoms with Crippen LogP contribution >= 0.6 is 0 Å². The summed E-state index contributed by atoms with van der Waals surface area (Å²) in [7, 11) is 0. The molecule has 0 aliphatic heterocycles. The van der Waals surface area contributed by atoms with E-state index in [-0.39, 0.29) is 12.5 Å². The summed E-state index contributed by atoms with van der Waals surface area (Å²) in [5, 5.41) is 23.1. The van der Waals surface area contributed by atoms with E-state index in [0.717, 1.165) is 32.1 Å². The highest BCUT2D eigenvalue weighted by atomic mass is 16.3. The van der Waals surface area contributed by atoms with Crippen molar-refractivity contribution >= 4 is 5.91 Å². The van der Waals surface area contributed by atoms with Gasteiger partial charge in [0.2, 0.25) is 5.91 Å². The topological polar surface area (TPSA) is 69.6 Å². The Balaban J connectivity index is 3.53. The Kier molecular flexibility index (Phi) is 47.8. The van der Waals surface area contributed by atoms with Crippen LogP contribution in [-0.4, -0.2) is 34.9 Å². The predicted octanol–water partition coefficient (Wildman–Crippen LogP) is 16.5. The van der Waals surface area contributed by atoms with Gasteiger partial charge in [-0.25, -0.2) is 0 Å². The molecule has 0 fully saturated rings. The number of unbranched alkanes of at least 4 members (excludes halogenated alkanes) is 36. The molecule has 0 rings (SSSR count). The zero-order valence-corrected chi connectivity index (χ0v) is 38.6. The predicted molar refractivity (Wildman–Crippen MR) is 253 cm³/mol. The molecule has 4 nitrogen and oxygen atoms in total. The van der Waals surface area contributed by atoms with E-state index in [4.69, 9.17) is 0 Å². The molecule has 1 amide bonds. The third-order valence-electron chi connectivity index (χ3n) is 11.8.